The van der Waals surface area contributed by atoms with Crippen LogP contribution in [0.5, 0.6) is 0 Å². The standard InChI is InChI=1S/C20H25N3OS/c1-3-15(2)12-23-9-7-16(8-10-23)20(24)22-18-6-4-5-17(11-18)19-13-25-14-21-19/h3-6,11,13-14,16H,7-10,12H2,1-2H3,(H,22,24)/b15-3+. The lowest BCUT2D eigenvalue weighted by Crippen LogP contribution is -2.38. The molecule has 0 saturated carbocycles. The van der Waals surface area contributed by atoms with E-state index in [1.165, 1.54) is 5.57 Å². The largest absolute Gasteiger partial charge is 0.326 e. The number of piperidine rings is 1. The van der Waals surface area contributed by atoms with Crippen molar-refractivity contribution in [3.8, 4) is 11.3 Å². The Labute approximate surface area is 153 Å². The Hall–Kier alpha value is -1.98. The number of hydrogen-bond donors (Lipinski definition) is 1. The number of aromatic nitrogens is 1. The molecule has 2 heterocycles. The monoisotopic (exact) mass is 355 g/mol. The van der Waals surface area contributed by atoms with Crippen molar-refractivity contribution in [2.24, 2.45) is 5.92 Å². The Morgan fingerprint density at radius 3 is 2.88 bits per heavy atom. The highest BCUT2D eigenvalue weighted by Crippen LogP contribution is 2.24. The lowest BCUT2D eigenvalue weighted by Gasteiger charge is -2.31. The summed E-state index contributed by atoms with van der Waals surface area (Å²) in [6.07, 6.45) is 4.01. The Balaban J connectivity index is 1.56. The Bertz CT molecular complexity index is 731. The van der Waals surface area contributed by atoms with E-state index in [4.69, 9.17) is 0 Å². The van der Waals surface area contributed by atoms with Gasteiger partial charge in [0.05, 0.1) is 11.2 Å². The number of allylic oxidation sites excluding steroid dienone is 1. The van der Waals surface area contributed by atoms with Gasteiger partial charge in [-0.1, -0.05) is 23.8 Å². The highest BCUT2D eigenvalue weighted by molar-refractivity contribution is 7.07. The molecular weight excluding hydrogens is 330 g/mol. The second-order valence-electron chi connectivity index (χ2n) is 6.63. The zero-order chi connectivity index (χ0) is 17.6. The Morgan fingerprint density at radius 2 is 2.20 bits per heavy atom. The molecule has 1 fully saturated rings. The van der Waals surface area contributed by atoms with Crippen LogP contribution in [0, 0.1) is 5.92 Å². The van der Waals surface area contributed by atoms with Gasteiger partial charge < -0.3 is 5.32 Å². The van der Waals surface area contributed by atoms with Gasteiger partial charge >= 0.3 is 0 Å². The molecule has 4 nitrogen and oxygen atoms in total. The van der Waals surface area contributed by atoms with E-state index < -0.39 is 0 Å². The van der Waals surface area contributed by atoms with Crippen LogP contribution in [0.2, 0.25) is 0 Å². The highest BCUT2D eigenvalue weighted by Gasteiger charge is 2.25. The number of anilines is 1. The summed E-state index contributed by atoms with van der Waals surface area (Å²) in [5.74, 6) is 0.239. The first-order valence-corrected chi connectivity index (χ1v) is 9.73. The normalized spacial score (nSPS) is 16.8. The quantitative estimate of drug-likeness (QED) is 0.807. The van der Waals surface area contributed by atoms with Gasteiger partial charge in [0.2, 0.25) is 5.91 Å². The van der Waals surface area contributed by atoms with E-state index in [-0.39, 0.29) is 11.8 Å². The molecule has 1 aromatic carbocycles. The van der Waals surface area contributed by atoms with Crippen LogP contribution in [0.4, 0.5) is 5.69 Å². The van der Waals surface area contributed by atoms with Crippen LogP contribution in [0.3, 0.4) is 0 Å². The predicted molar refractivity (Wildman–Crippen MR) is 105 cm³/mol. The van der Waals surface area contributed by atoms with Crippen molar-refractivity contribution in [3.63, 3.8) is 0 Å². The van der Waals surface area contributed by atoms with Gasteiger partial charge in [-0.05, 0) is 51.9 Å². The molecule has 0 atom stereocenters. The fourth-order valence-corrected chi connectivity index (χ4v) is 3.71. The maximum Gasteiger partial charge on any atom is 0.227 e. The minimum absolute atomic E-state index is 0.102. The van der Waals surface area contributed by atoms with E-state index in [0.29, 0.717) is 0 Å². The highest BCUT2D eigenvalue weighted by atomic mass is 32.1. The molecule has 1 aliphatic rings. The van der Waals surface area contributed by atoms with Crippen LogP contribution in [0.25, 0.3) is 11.3 Å². The van der Waals surface area contributed by atoms with Crippen LogP contribution in [0.15, 0.2) is 46.8 Å². The first kappa shape index (κ1) is 17.8. The van der Waals surface area contributed by atoms with Crippen LogP contribution in [0.1, 0.15) is 26.7 Å². The number of rotatable bonds is 5. The number of thiazole rings is 1. The molecule has 1 N–H and O–H groups in total. The summed E-state index contributed by atoms with van der Waals surface area (Å²) in [5, 5.41) is 5.10. The Kier molecular flexibility index (Phi) is 6.00. The molecular formula is C20H25N3OS. The van der Waals surface area contributed by atoms with E-state index in [9.17, 15) is 4.79 Å². The Morgan fingerprint density at radius 1 is 1.40 bits per heavy atom. The van der Waals surface area contributed by atoms with Crippen LogP contribution < -0.4 is 5.32 Å². The summed E-state index contributed by atoms with van der Waals surface area (Å²) in [6, 6.07) is 7.93. The van der Waals surface area contributed by atoms with Gasteiger partial charge in [-0.25, -0.2) is 4.98 Å². The first-order valence-electron chi connectivity index (χ1n) is 8.79. The zero-order valence-electron chi connectivity index (χ0n) is 14.9. The molecule has 0 spiro atoms. The summed E-state index contributed by atoms with van der Waals surface area (Å²) in [7, 11) is 0. The van der Waals surface area contributed by atoms with Gasteiger partial charge in [0.15, 0.2) is 0 Å². The average Bonchev–Trinajstić information content (AvgIpc) is 3.17. The molecule has 2 aromatic rings. The van der Waals surface area contributed by atoms with Crippen LogP contribution in [-0.4, -0.2) is 35.4 Å². The fourth-order valence-electron chi connectivity index (χ4n) is 3.15. The minimum Gasteiger partial charge on any atom is -0.326 e. The summed E-state index contributed by atoms with van der Waals surface area (Å²) in [5.41, 5.74) is 6.05. The van der Waals surface area contributed by atoms with Crippen molar-refractivity contribution < 1.29 is 4.79 Å². The van der Waals surface area contributed by atoms with Gasteiger partial charge in [0, 0.05) is 29.1 Å². The van der Waals surface area contributed by atoms with Crippen molar-refractivity contribution >= 4 is 22.9 Å². The number of hydrogen-bond acceptors (Lipinski definition) is 4. The predicted octanol–water partition coefficient (Wildman–Crippen LogP) is 4.43. The SMILES string of the molecule is C/C=C(\C)CN1CCC(C(=O)Nc2cccc(-c3cscn3)c2)CC1. The topological polar surface area (TPSA) is 45.2 Å². The molecule has 132 valence electrons. The van der Waals surface area contributed by atoms with Gasteiger partial charge in [-0.3, -0.25) is 9.69 Å². The summed E-state index contributed by atoms with van der Waals surface area (Å²) in [6.45, 7) is 7.23. The molecule has 5 heteroatoms. The number of amides is 1. The number of likely N-dealkylation sites (tertiary alicyclic amines) is 1. The molecule has 0 unspecified atom stereocenters. The van der Waals surface area contributed by atoms with E-state index in [2.05, 4.69) is 35.1 Å². The second kappa shape index (κ2) is 8.41. The minimum atomic E-state index is 0.102. The fraction of sp³-hybridized carbons (Fsp3) is 0.400. The molecule has 1 aliphatic heterocycles. The molecule has 1 amide bonds. The molecule has 1 aromatic heterocycles. The molecule has 25 heavy (non-hydrogen) atoms. The molecule has 0 bridgehead atoms. The number of carbonyl (C=O) groups is 1. The summed E-state index contributed by atoms with van der Waals surface area (Å²) >= 11 is 1.58. The second-order valence-corrected chi connectivity index (χ2v) is 7.35. The smallest absolute Gasteiger partial charge is 0.227 e. The maximum absolute atomic E-state index is 12.6. The van der Waals surface area contributed by atoms with E-state index in [1.807, 2.05) is 35.2 Å². The molecule has 3 rings (SSSR count). The average molecular weight is 356 g/mol. The molecule has 0 aliphatic carbocycles. The van der Waals surface area contributed by atoms with Crippen molar-refractivity contribution in [2.75, 3.05) is 25.0 Å². The van der Waals surface area contributed by atoms with Crippen molar-refractivity contribution in [1.29, 1.82) is 0 Å². The number of nitrogens with zero attached hydrogens (tertiary/aromatic N) is 2. The van der Waals surface area contributed by atoms with Gasteiger partial charge in [-0.2, -0.15) is 0 Å². The van der Waals surface area contributed by atoms with Crippen molar-refractivity contribution in [1.82, 2.24) is 9.88 Å². The zero-order valence-corrected chi connectivity index (χ0v) is 15.7. The first-order chi connectivity index (χ1) is 12.2. The van der Waals surface area contributed by atoms with Gasteiger partial charge in [0.25, 0.3) is 0 Å². The van der Waals surface area contributed by atoms with E-state index in [1.54, 1.807) is 11.3 Å². The van der Waals surface area contributed by atoms with Crippen LogP contribution >= 0.6 is 11.3 Å². The lowest BCUT2D eigenvalue weighted by atomic mass is 9.95. The van der Waals surface area contributed by atoms with Gasteiger partial charge in [0.1, 0.15) is 0 Å². The third-order valence-electron chi connectivity index (χ3n) is 4.78. The summed E-state index contributed by atoms with van der Waals surface area (Å²) in [4.78, 5) is 19.4. The summed E-state index contributed by atoms with van der Waals surface area (Å²) < 4.78 is 0. The molecule has 0 radical (unpaired) electrons. The van der Waals surface area contributed by atoms with Gasteiger partial charge in [-0.15, -0.1) is 11.3 Å². The number of nitrogens with one attached hydrogen (secondary N) is 1. The lowest BCUT2D eigenvalue weighted by molar-refractivity contribution is -0.121. The third-order valence-corrected chi connectivity index (χ3v) is 5.37. The van der Waals surface area contributed by atoms with Crippen LogP contribution in [-0.2, 0) is 4.79 Å². The van der Waals surface area contributed by atoms with E-state index in [0.717, 1.165) is 49.4 Å². The van der Waals surface area contributed by atoms with Crippen molar-refractivity contribution in [3.05, 3.63) is 46.8 Å². The van der Waals surface area contributed by atoms with E-state index >= 15 is 0 Å². The maximum atomic E-state index is 12.6. The number of benzene rings is 1. The van der Waals surface area contributed by atoms with Crippen molar-refractivity contribution in [2.45, 2.75) is 26.7 Å². The molecule has 1 saturated heterocycles. The number of carbonyl (C=O) groups excluding carboxylic acids is 1. The third kappa shape index (κ3) is 4.77.